The Morgan fingerprint density at radius 1 is 0.905 bits per heavy atom. The highest BCUT2D eigenvalue weighted by molar-refractivity contribution is 4.78. The van der Waals surface area contributed by atoms with E-state index in [4.69, 9.17) is 0 Å². The molecule has 2 heterocycles. The van der Waals surface area contributed by atoms with E-state index in [1.54, 1.807) is 0 Å². The van der Waals surface area contributed by atoms with Crippen molar-refractivity contribution in [3.63, 3.8) is 0 Å². The maximum atomic E-state index is 12.3. The highest BCUT2D eigenvalue weighted by atomic mass is 19.4. The highest BCUT2D eigenvalue weighted by Crippen LogP contribution is 2.19. The second-order valence-electron chi connectivity index (χ2n) is 6.38. The first kappa shape index (κ1) is 17.0. The van der Waals surface area contributed by atoms with E-state index >= 15 is 0 Å². The summed E-state index contributed by atoms with van der Waals surface area (Å²) in [7, 11) is 0. The fourth-order valence-electron chi connectivity index (χ4n) is 3.34. The highest BCUT2D eigenvalue weighted by Gasteiger charge is 2.32. The van der Waals surface area contributed by atoms with Crippen molar-refractivity contribution in [2.24, 2.45) is 0 Å². The Labute approximate surface area is 125 Å². The molecule has 124 valence electrons. The molecule has 0 aromatic heterocycles. The van der Waals surface area contributed by atoms with E-state index in [1.807, 2.05) is 0 Å². The molecule has 0 unspecified atom stereocenters. The van der Waals surface area contributed by atoms with Gasteiger partial charge in [-0.2, -0.15) is 13.2 Å². The molecular weight excluding hydrogens is 279 g/mol. The molecule has 2 aliphatic heterocycles. The molecule has 0 bridgehead atoms. The molecule has 0 aromatic rings. The molecule has 3 nitrogen and oxygen atoms in total. The second-order valence-corrected chi connectivity index (χ2v) is 6.38. The molecule has 1 N–H and O–H groups in total. The molecule has 2 fully saturated rings. The zero-order chi connectivity index (χ0) is 15.1. The number of rotatable bonds is 6. The Bertz CT molecular complexity index is 282. The van der Waals surface area contributed by atoms with Gasteiger partial charge in [-0.3, -0.25) is 4.90 Å². The molecule has 0 aromatic carbocycles. The van der Waals surface area contributed by atoms with E-state index in [1.165, 1.54) is 37.3 Å². The lowest BCUT2D eigenvalue weighted by atomic mass is 10.0. The lowest BCUT2D eigenvalue weighted by Crippen LogP contribution is -2.46. The molecule has 2 rings (SSSR count). The predicted molar refractivity (Wildman–Crippen MR) is 78.4 cm³/mol. The summed E-state index contributed by atoms with van der Waals surface area (Å²) < 4.78 is 36.9. The Morgan fingerprint density at radius 3 is 2.19 bits per heavy atom. The van der Waals surface area contributed by atoms with Gasteiger partial charge in [-0.1, -0.05) is 6.42 Å². The summed E-state index contributed by atoms with van der Waals surface area (Å²) in [6, 6.07) is 0.399. The molecule has 2 aliphatic rings. The van der Waals surface area contributed by atoms with Gasteiger partial charge < -0.3 is 10.2 Å². The number of alkyl halides is 3. The summed E-state index contributed by atoms with van der Waals surface area (Å²) in [5.74, 6) is 0. The largest absolute Gasteiger partial charge is 0.401 e. The van der Waals surface area contributed by atoms with Crippen molar-refractivity contribution in [2.45, 2.75) is 50.7 Å². The van der Waals surface area contributed by atoms with Gasteiger partial charge in [0.1, 0.15) is 0 Å². The Hall–Kier alpha value is -0.330. The standard InChI is InChI=1S/C15H28F3N3/c16-15(17,18)13-21-11-5-14(6-12-21)19-7-4-10-20-8-2-1-3-9-20/h14,19H,1-13H2. The summed E-state index contributed by atoms with van der Waals surface area (Å²) in [5, 5.41) is 3.51. The maximum Gasteiger partial charge on any atom is 0.401 e. The van der Waals surface area contributed by atoms with Crippen LogP contribution in [-0.4, -0.2) is 67.8 Å². The van der Waals surface area contributed by atoms with Gasteiger partial charge in [0, 0.05) is 6.04 Å². The van der Waals surface area contributed by atoms with Crippen molar-refractivity contribution in [1.29, 1.82) is 0 Å². The monoisotopic (exact) mass is 307 g/mol. The number of halogens is 3. The average Bonchev–Trinajstić information content (AvgIpc) is 2.45. The second kappa shape index (κ2) is 8.34. The summed E-state index contributed by atoms with van der Waals surface area (Å²) in [5.41, 5.74) is 0. The number of piperidine rings is 2. The molecule has 6 heteroatoms. The topological polar surface area (TPSA) is 18.5 Å². The molecule has 0 saturated carbocycles. The van der Waals surface area contributed by atoms with E-state index in [9.17, 15) is 13.2 Å². The number of hydrogen-bond acceptors (Lipinski definition) is 3. The van der Waals surface area contributed by atoms with Gasteiger partial charge in [0.25, 0.3) is 0 Å². The first-order chi connectivity index (χ1) is 10.0. The van der Waals surface area contributed by atoms with Crippen LogP contribution in [0.15, 0.2) is 0 Å². The van der Waals surface area contributed by atoms with Gasteiger partial charge in [0.15, 0.2) is 0 Å². The summed E-state index contributed by atoms with van der Waals surface area (Å²) in [6.07, 6.45) is 2.76. The fraction of sp³-hybridized carbons (Fsp3) is 1.00. The molecule has 0 aliphatic carbocycles. The molecule has 21 heavy (non-hydrogen) atoms. The van der Waals surface area contributed by atoms with Crippen LogP contribution in [0.3, 0.4) is 0 Å². The Kier molecular flexibility index (Phi) is 6.76. The molecule has 0 amide bonds. The van der Waals surface area contributed by atoms with Crippen molar-refractivity contribution in [2.75, 3.05) is 45.8 Å². The van der Waals surface area contributed by atoms with Gasteiger partial charge >= 0.3 is 6.18 Å². The summed E-state index contributed by atoms with van der Waals surface area (Å²) >= 11 is 0. The molecule has 0 atom stereocenters. The van der Waals surface area contributed by atoms with Crippen LogP contribution in [0.25, 0.3) is 0 Å². The van der Waals surface area contributed by atoms with Gasteiger partial charge in [0.05, 0.1) is 6.54 Å². The van der Waals surface area contributed by atoms with Crippen LogP contribution in [0.2, 0.25) is 0 Å². The zero-order valence-electron chi connectivity index (χ0n) is 12.8. The fourth-order valence-corrected chi connectivity index (χ4v) is 3.34. The smallest absolute Gasteiger partial charge is 0.314 e. The zero-order valence-corrected chi connectivity index (χ0v) is 12.8. The van der Waals surface area contributed by atoms with E-state index in [0.717, 1.165) is 32.4 Å². The van der Waals surface area contributed by atoms with Gasteiger partial charge in [-0.05, 0) is 71.4 Å². The lowest BCUT2D eigenvalue weighted by molar-refractivity contribution is -0.148. The SMILES string of the molecule is FC(F)(F)CN1CCC(NCCCN2CCCCC2)CC1. The van der Waals surface area contributed by atoms with Crippen LogP contribution in [0.1, 0.15) is 38.5 Å². The molecular formula is C15H28F3N3. The third-order valence-corrected chi connectivity index (χ3v) is 4.52. The quantitative estimate of drug-likeness (QED) is 0.761. The Morgan fingerprint density at radius 2 is 1.57 bits per heavy atom. The average molecular weight is 307 g/mol. The van der Waals surface area contributed by atoms with Crippen molar-refractivity contribution >= 4 is 0 Å². The predicted octanol–water partition coefficient (Wildman–Crippen LogP) is 2.48. The van der Waals surface area contributed by atoms with E-state index in [0.29, 0.717) is 19.1 Å². The third kappa shape index (κ3) is 6.98. The molecule has 2 saturated heterocycles. The van der Waals surface area contributed by atoms with Crippen LogP contribution in [-0.2, 0) is 0 Å². The van der Waals surface area contributed by atoms with E-state index in [2.05, 4.69) is 10.2 Å². The minimum Gasteiger partial charge on any atom is -0.314 e. The van der Waals surface area contributed by atoms with Crippen LogP contribution < -0.4 is 5.32 Å². The van der Waals surface area contributed by atoms with Crippen LogP contribution in [0, 0.1) is 0 Å². The van der Waals surface area contributed by atoms with Crippen molar-refractivity contribution < 1.29 is 13.2 Å². The van der Waals surface area contributed by atoms with Gasteiger partial charge in [-0.25, -0.2) is 0 Å². The lowest BCUT2D eigenvalue weighted by Gasteiger charge is -2.33. The van der Waals surface area contributed by atoms with Crippen LogP contribution in [0.5, 0.6) is 0 Å². The number of likely N-dealkylation sites (tertiary alicyclic amines) is 2. The van der Waals surface area contributed by atoms with E-state index < -0.39 is 12.7 Å². The third-order valence-electron chi connectivity index (χ3n) is 4.52. The normalized spacial score (nSPS) is 23.6. The van der Waals surface area contributed by atoms with Crippen LogP contribution >= 0.6 is 0 Å². The number of nitrogens with zero attached hydrogens (tertiary/aromatic N) is 2. The van der Waals surface area contributed by atoms with Gasteiger partial charge in [-0.15, -0.1) is 0 Å². The Balaban J connectivity index is 1.50. The number of nitrogens with one attached hydrogen (secondary N) is 1. The maximum absolute atomic E-state index is 12.3. The summed E-state index contributed by atoms with van der Waals surface area (Å²) in [4.78, 5) is 4.04. The van der Waals surface area contributed by atoms with Crippen molar-refractivity contribution in [3.8, 4) is 0 Å². The first-order valence-corrected chi connectivity index (χ1v) is 8.28. The number of hydrogen-bond donors (Lipinski definition) is 1. The van der Waals surface area contributed by atoms with Crippen molar-refractivity contribution in [1.82, 2.24) is 15.1 Å². The van der Waals surface area contributed by atoms with E-state index in [-0.39, 0.29) is 0 Å². The minimum atomic E-state index is -4.06. The molecule has 0 spiro atoms. The van der Waals surface area contributed by atoms with Crippen LogP contribution in [0.4, 0.5) is 13.2 Å². The minimum absolute atomic E-state index is 0.399. The summed E-state index contributed by atoms with van der Waals surface area (Å²) in [6.45, 7) is 4.97. The first-order valence-electron chi connectivity index (χ1n) is 8.28. The molecule has 0 radical (unpaired) electrons. The van der Waals surface area contributed by atoms with Gasteiger partial charge in [0.2, 0.25) is 0 Å². The van der Waals surface area contributed by atoms with Crippen molar-refractivity contribution in [3.05, 3.63) is 0 Å².